The average Bonchev–Trinajstić information content (AvgIpc) is 2.76. The van der Waals surface area contributed by atoms with Crippen LogP contribution in [0.3, 0.4) is 0 Å². The van der Waals surface area contributed by atoms with Crippen LogP contribution in [-0.2, 0) is 16.1 Å². The van der Waals surface area contributed by atoms with Crippen LogP contribution in [-0.4, -0.2) is 56.6 Å². The molecular formula is C22H28FN5O2. The van der Waals surface area contributed by atoms with Gasteiger partial charge in [-0.05, 0) is 30.3 Å². The Morgan fingerprint density at radius 2 is 1.83 bits per heavy atom. The van der Waals surface area contributed by atoms with Crippen molar-refractivity contribution < 1.29 is 13.9 Å². The number of methoxy groups -OCH3 is 1. The molecule has 2 aromatic carbocycles. The number of hydrogen-bond donors (Lipinski definition) is 2. The Morgan fingerprint density at radius 3 is 2.53 bits per heavy atom. The molecule has 0 atom stereocenters. The minimum atomic E-state index is -0.246. The van der Waals surface area contributed by atoms with Gasteiger partial charge in [-0.25, -0.2) is 4.39 Å². The molecule has 1 aliphatic heterocycles. The second-order valence-electron chi connectivity index (χ2n) is 7.08. The van der Waals surface area contributed by atoms with E-state index in [9.17, 15) is 9.18 Å². The molecule has 0 aromatic heterocycles. The van der Waals surface area contributed by atoms with Crippen molar-refractivity contribution in [2.75, 3.05) is 50.1 Å². The van der Waals surface area contributed by atoms with E-state index in [1.807, 2.05) is 29.2 Å². The standard InChI is InChI=1S/C22H28FN5O2/c1-30-16-17-4-2-3-5-20(17)26-22(24)25-11-10-21(29)28-14-12-27(13-15-28)19-8-6-18(23)7-9-19/h2-9H,10-16H2,1H3,(H3,24,25,26). The summed E-state index contributed by atoms with van der Waals surface area (Å²) in [5.74, 6) is 0.0848. The molecule has 0 spiro atoms. The lowest BCUT2D eigenvalue weighted by molar-refractivity contribution is -0.131. The van der Waals surface area contributed by atoms with E-state index in [1.54, 1.807) is 19.2 Å². The molecule has 7 nitrogen and oxygen atoms in total. The lowest BCUT2D eigenvalue weighted by Crippen LogP contribution is -2.48. The van der Waals surface area contributed by atoms with Crippen molar-refractivity contribution in [2.24, 2.45) is 10.7 Å². The molecule has 1 amide bonds. The summed E-state index contributed by atoms with van der Waals surface area (Å²) in [7, 11) is 1.64. The number of rotatable bonds is 7. The van der Waals surface area contributed by atoms with Gasteiger partial charge in [-0.3, -0.25) is 9.79 Å². The summed E-state index contributed by atoms with van der Waals surface area (Å²) >= 11 is 0. The molecule has 1 saturated heterocycles. The van der Waals surface area contributed by atoms with Crippen LogP contribution >= 0.6 is 0 Å². The second kappa shape index (κ2) is 10.6. The van der Waals surface area contributed by atoms with Gasteiger partial charge in [-0.15, -0.1) is 0 Å². The summed E-state index contributed by atoms with van der Waals surface area (Å²) in [6.45, 7) is 3.51. The highest BCUT2D eigenvalue weighted by Crippen LogP contribution is 2.17. The van der Waals surface area contributed by atoms with Crippen molar-refractivity contribution in [1.29, 1.82) is 0 Å². The Kier molecular flexibility index (Phi) is 7.62. The number of halogens is 1. The lowest BCUT2D eigenvalue weighted by atomic mass is 10.2. The van der Waals surface area contributed by atoms with E-state index in [2.05, 4.69) is 15.2 Å². The third kappa shape index (κ3) is 5.93. The predicted octanol–water partition coefficient (Wildman–Crippen LogP) is 2.44. The zero-order valence-corrected chi connectivity index (χ0v) is 17.2. The Balaban J connectivity index is 1.44. The van der Waals surface area contributed by atoms with Crippen LogP contribution in [0.2, 0.25) is 0 Å². The summed E-state index contributed by atoms with van der Waals surface area (Å²) in [6.07, 6.45) is 0.304. The molecular weight excluding hydrogens is 385 g/mol. The van der Waals surface area contributed by atoms with E-state index in [0.717, 1.165) is 30.0 Å². The number of anilines is 2. The number of piperazine rings is 1. The molecule has 0 saturated carbocycles. The fourth-order valence-corrected chi connectivity index (χ4v) is 3.40. The maximum atomic E-state index is 13.1. The number of carbonyl (C=O) groups is 1. The Morgan fingerprint density at radius 1 is 1.13 bits per heavy atom. The van der Waals surface area contributed by atoms with E-state index in [0.29, 0.717) is 32.7 Å². The first-order chi connectivity index (χ1) is 14.6. The van der Waals surface area contributed by atoms with Crippen molar-refractivity contribution in [1.82, 2.24) is 4.90 Å². The molecule has 1 fully saturated rings. The third-order valence-corrected chi connectivity index (χ3v) is 5.01. The van der Waals surface area contributed by atoms with Gasteiger partial charge in [0.2, 0.25) is 5.91 Å². The van der Waals surface area contributed by atoms with Crippen molar-refractivity contribution in [3.63, 3.8) is 0 Å². The van der Waals surface area contributed by atoms with E-state index in [1.165, 1.54) is 12.1 Å². The molecule has 1 heterocycles. The molecule has 3 rings (SSSR count). The molecule has 0 bridgehead atoms. The number of para-hydroxylation sites is 1. The number of aliphatic imine (C=N–C) groups is 1. The van der Waals surface area contributed by atoms with Gasteiger partial charge in [-0.2, -0.15) is 0 Å². The first-order valence-electron chi connectivity index (χ1n) is 9.99. The number of carbonyl (C=O) groups excluding carboxylic acids is 1. The summed E-state index contributed by atoms with van der Waals surface area (Å²) < 4.78 is 18.3. The number of hydrogen-bond acceptors (Lipinski definition) is 4. The second-order valence-corrected chi connectivity index (χ2v) is 7.08. The monoisotopic (exact) mass is 413 g/mol. The van der Waals surface area contributed by atoms with Crippen molar-refractivity contribution in [3.8, 4) is 0 Å². The Bertz CT molecular complexity index is 864. The van der Waals surface area contributed by atoms with Gasteiger partial charge in [0.15, 0.2) is 5.96 Å². The maximum absolute atomic E-state index is 13.1. The minimum absolute atomic E-state index is 0.0603. The molecule has 0 unspecified atom stereocenters. The van der Waals surface area contributed by atoms with Crippen molar-refractivity contribution in [2.45, 2.75) is 13.0 Å². The normalized spacial score (nSPS) is 14.7. The Labute approximate surface area is 176 Å². The van der Waals surface area contributed by atoms with E-state index >= 15 is 0 Å². The SMILES string of the molecule is COCc1ccccc1NC(N)=NCCC(=O)N1CCN(c2ccc(F)cc2)CC1. The van der Waals surface area contributed by atoms with Crippen LogP contribution in [0.15, 0.2) is 53.5 Å². The zero-order valence-electron chi connectivity index (χ0n) is 17.2. The number of nitrogens with two attached hydrogens (primary N) is 1. The quantitative estimate of drug-likeness (QED) is 0.538. The van der Waals surface area contributed by atoms with Crippen LogP contribution in [0, 0.1) is 5.82 Å². The zero-order chi connectivity index (χ0) is 21.3. The molecule has 2 aromatic rings. The molecule has 0 radical (unpaired) electrons. The summed E-state index contributed by atoms with van der Waals surface area (Å²) in [5.41, 5.74) is 8.76. The molecule has 30 heavy (non-hydrogen) atoms. The lowest BCUT2D eigenvalue weighted by Gasteiger charge is -2.36. The maximum Gasteiger partial charge on any atom is 0.224 e. The van der Waals surface area contributed by atoms with Crippen LogP contribution in [0.25, 0.3) is 0 Å². The topological polar surface area (TPSA) is 83.2 Å². The summed E-state index contributed by atoms with van der Waals surface area (Å²) in [5, 5.41) is 3.07. The predicted molar refractivity (Wildman–Crippen MR) is 117 cm³/mol. The Hall–Kier alpha value is -3.13. The smallest absolute Gasteiger partial charge is 0.224 e. The van der Waals surface area contributed by atoms with Crippen molar-refractivity contribution >= 4 is 23.2 Å². The average molecular weight is 413 g/mol. The molecule has 0 aliphatic carbocycles. The minimum Gasteiger partial charge on any atom is -0.380 e. The molecule has 1 aliphatic rings. The van der Waals surface area contributed by atoms with Gasteiger partial charge in [0.05, 0.1) is 13.2 Å². The van der Waals surface area contributed by atoms with Gasteiger partial charge in [-0.1, -0.05) is 18.2 Å². The van der Waals surface area contributed by atoms with Crippen LogP contribution in [0.5, 0.6) is 0 Å². The number of nitrogens with one attached hydrogen (secondary N) is 1. The molecule has 160 valence electrons. The number of benzene rings is 2. The number of amides is 1. The number of nitrogens with zero attached hydrogens (tertiary/aromatic N) is 3. The van der Waals surface area contributed by atoms with Crippen LogP contribution in [0.1, 0.15) is 12.0 Å². The van der Waals surface area contributed by atoms with Gasteiger partial charge < -0.3 is 25.6 Å². The van der Waals surface area contributed by atoms with E-state index < -0.39 is 0 Å². The van der Waals surface area contributed by atoms with Gasteiger partial charge in [0.25, 0.3) is 0 Å². The fraction of sp³-hybridized carbons (Fsp3) is 0.364. The highest BCUT2D eigenvalue weighted by molar-refractivity contribution is 5.93. The van der Waals surface area contributed by atoms with Gasteiger partial charge >= 0.3 is 0 Å². The first kappa shape index (κ1) is 21.6. The molecule has 8 heteroatoms. The highest BCUT2D eigenvalue weighted by atomic mass is 19.1. The van der Waals surface area contributed by atoms with E-state index in [4.69, 9.17) is 10.5 Å². The van der Waals surface area contributed by atoms with E-state index in [-0.39, 0.29) is 17.7 Å². The van der Waals surface area contributed by atoms with Crippen LogP contribution in [0.4, 0.5) is 15.8 Å². The highest BCUT2D eigenvalue weighted by Gasteiger charge is 2.20. The van der Waals surface area contributed by atoms with Crippen LogP contribution < -0.4 is 16.0 Å². The molecule has 3 N–H and O–H groups in total. The summed E-state index contributed by atoms with van der Waals surface area (Å²) in [6, 6.07) is 14.1. The number of guanidine groups is 1. The largest absolute Gasteiger partial charge is 0.380 e. The van der Waals surface area contributed by atoms with Crippen molar-refractivity contribution in [3.05, 3.63) is 59.9 Å². The number of ether oxygens (including phenoxy) is 1. The summed E-state index contributed by atoms with van der Waals surface area (Å²) in [4.78, 5) is 20.7. The first-order valence-corrected chi connectivity index (χ1v) is 9.99. The third-order valence-electron chi connectivity index (χ3n) is 5.01. The van der Waals surface area contributed by atoms with Gasteiger partial charge in [0, 0.05) is 56.6 Å². The fourth-order valence-electron chi connectivity index (χ4n) is 3.40. The van der Waals surface area contributed by atoms with Gasteiger partial charge in [0.1, 0.15) is 5.82 Å².